The molecule has 0 aliphatic carbocycles. The second kappa shape index (κ2) is 3.39. The zero-order valence-electron chi connectivity index (χ0n) is 6.36. The molecule has 0 aromatic rings. The van der Waals surface area contributed by atoms with Gasteiger partial charge in [-0.25, -0.2) is 12.7 Å². The highest BCUT2D eigenvalue weighted by molar-refractivity contribution is 7.88. The highest BCUT2D eigenvalue weighted by Gasteiger charge is 2.17. The Labute approximate surface area is 66.2 Å². The molecule has 0 spiro atoms. The maximum Gasteiger partial charge on any atom is 0.235 e. The number of amides is 1. The Morgan fingerprint density at radius 3 is 2.18 bits per heavy atom. The van der Waals surface area contributed by atoms with E-state index in [2.05, 4.69) is 5.92 Å². The smallest absolute Gasteiger partial charge is 0.235 e. The van der Waals surface area contributed by atoms with E-state index >= 15 is 0 Å². The van der Waals surface area contributed by atoms with Crippen LogP contribution in [0, 0.1) is 12.3 Å². The Morgan fingerprint density at radius 2 is 2.09 bits per heavy atom. The van der Waals surface area contributed by atoms with Crippen molar-refractivity contribution in [3.63, 3.8) is 0 Å². The number of terminal acetylenes is 1. The van der Waals surface area contributed by atoms with Crippen molar-refractivity contribution in [1.29, 1.82) is 0 Å². The van der Waals surface area contributed by atoms with E-state index in [0.717, 1.165) is 13.2 Å². The highest BCUT2D eigenvalue weighted by atomic mass is 32.2. The maximum atomic E-state index is 10.8. The number of carbonyl (C=O) groups is 1. The Hall–Kier alpha value is -1.02. The first-order valence-electron chi connectivity index (χ1n) is 2.81. The fraction of sp³-hybridized carbons (Fsp3) is 0.500. The van der Waals surface area contributed by atoms with Gasteiger partial charge in [-0.15, -0.1) is 6.42 Å². The molecular formula is C6H9NO3S. The fourth-order valence-corrected chi connectivity index (χ4v) is 1.32. The average molecular weight is 175 g/mol. The molecule has 0 aliphatic rings. The predicted octanol–water partition coefficient (Wildman–Crippen LogP) is -0.572. The van der Waals surface area contributed by atoms with Gasteiger partial charge in [0.15, 0.2) is 0 Å². The largest absolute Gasteiger partial charge is 0.274 e. The number of rotatable bonds is 2. The van der Waals surface area contributed by atoms with E-state index in [-0.39, 0.29) is 6.54 Å². The van der Waals surface area contributed by atoms with Crippen LogP contribution in [0.2, 0.25) is 0 Å². The number of hydrogen-bond donors (Lipinski definition) is 0. The summed E-state index contributed by atoms with van der Waals surface area (Å²) in [4.78, 5) is 10.6. The van der Waals surface area contributed by atoms with Crippen molar-refractivity contribution in [2.45, 2.75) is 6.92 Å². The molecule has 0 rings (SSSR count). The molecule has 62 valence electrons. The first-order chi connectivity index (χ1) is 4.89. The molecular weight excluding hydrogens is 166 g/mol. The van der Waals surface area contributed by atoms with E-state index in [4.69, 9.17) is 6.42 Å². The van der Waals surface area contributed by atoms with E-state index in [9.17, 15) is 13.2 Å². The van der Waals surface area contributed by atoms with Gasteiger partial charge in [-0.2, -0.15) is 0 Å². The zero-order chi connectivity index (χ0) is 9.07. The Balaban J connectivity index is 4.66. The van der Waals surface area contributed by atoms with Gasteiger partial charge in [-0.3, -0.25) is 4.79 Å². The van der Waals surface area contributed by atoms with E-state index in [1.54, 1.807) is 0 Å². The van der Waals surface area contributed by atoms with Crippen LogP contribution in [-0.4, -0.2) is 31.4 Å². The lowest BCUT2D eigenvalue weighted by Gasteiger charge is -2.14. The molecule has 0 saturated heterocycles. The van der Waals surface area contributed by atoms with Crippen molar-refractivity contribution in [1.82, 2.24) is 4.31 Å². The van der Waals surface area contributed by atoms with Gasteiger partial charge in [0.25, 0.3) is 0 Å². The number of carbonyl (C=O) groups excluding carboxylic acids is 1. The molecule has 1 amide bonds. The van der Waals surface area contributed by atoms with Gasteiger partial charge in [0.2, 0.25) is 15.9 Å². The van der Waals surface area contributed by atoms with Gasteiger partial charge in [-0.05, 0) is 0 Å². The third-order valence-electron chi connectivity index (χ3n) is 0.986. The van der Waals surface area contributed by atoms with Crippen LogP contribution in [0.15, 0.2) is 0 Å². The normalized spacial score (nSPS) is 10.3. The van der Waals surface area contributed by atoms with Gasteiger partial charge in [-0.1, -0.05) is 5.92 Å². The van der Waals surface area contributed by atoms with E-state index in [1.807, 2.05) is 0 Å². The topological polar surface area (TPSA) is 54.5 Å². The third-order valence-corrected chi connectivity index (χ3v) is 2.17. The molecule has 0 aromatic carbocycles. The van der Waals surface area contributed by atoms with Crippen molar-refractivity contribution >= 4 is 15.9 Å². The van der Waals surface area contributed by atoms with Gasteiger partial charge in [0, 0.05) is 6.92 Å². The lowest BCUT2D eigenvalue weighted by Crippen LogP contribution is -2.34. The van der Waals surface area contributed by atoms with Crippen LogP contribution in [-0.2, 0) is 14.8 Å². The van der Waals surface area contributed by atoms with E-state index in [0.29, 0.717) is 4.31 Å². The summed E-state index contributed by atoms with van der Waals surface area (Å²) in [5.41, 5.74) is 0. The SMILES string of the molecule is C#CCN(C(C)=O)S(C)(=O)=O. The minimum absolute atomic E-state index is 0.200. The quantitative estimate of drug-likeness (QED) is 0.528. The molecule has 0 aromatic heterocycles. The summed E-state index contributed by atoms with van der Waals surface area (Å²) in [5, 5.41) is 0. The Bertz CT molecular complexity index is 285. The van der Waals surface area contributed by atoms with E-state index < -0.39 is 15.9 Å². The lowest BCUT2D eigenvalue weighted by molar-refractivity contribution is -0.123. The molecule has 0 saturated carbocycles. The van der Waals surface area contributed by atoms with Crippen LogP contribution in [0.3, 0.4) is 0 Å². The summed E-state index contributed by atoms with van der Waals surface area (Å²) in [7, 11) is -3.49. The molecule has 0 aliphatic heterocycles. The highest BCUT2D eigenvalue weighted by Crippen LogP contribution is 1.96. The number of sulfonamides is 1. The van der Waals surface area contributed by atoms with Crippen LogP contribution in [0.5, 0.6) is 0 Å². The molecule has 0 radical (unpaired) electrons. The van der Waals surface area contributed by atoms with Crippen molar-refractivity contribution in [3.8, 4) is 12.3 Å². The summed E-state index contributed by atoms with van der Waals surface area (Å²) in [6.07, 6.45) is 5.79. The third kappa shape index (κ3) is 3.05. The molecule has 11 heavy (non-hydrogen) atoms. The van der Waals surface area contributed by atoms with Crippen LogP contribution < -0.4 is 0 Å². The zero-order valence-corrected chi connectivity index (χ0v) is 7.18. The van der Waals surface area contributed by atoms with Crippen LogP contribution in [0.1, 0.15) is 6.92 Å². The van der Waals surface area contributed by atoms with Crippen LogP contribution in [0.25, 0.3) is 0 Å². The first kappa shape index (κ1) is 9.98. The lowest BCUT2D eigenvalue weighted by atomic mass is 10.6. The maximum absolute atomic E-state index is 10.8. The summed E-state index contributed by atoms with van der Waals surface area (Å²) in [6, 6.07) is 0. The summed E-state index contributed by atoms with van der Waals surface area (Å²) in [6.45, 7) is 0.951. The standard InChI is InChI=1S/C6H9NO3S/c1-4-5-7(6(2)8)11(3,9)10/h1H,5H2,2-3H3. The molecule has 0 fully saturated rings. The first-order valence-corrected chi connectivity index (χ1v) is 4.66. The van der Waals surface area contributed by atoms with Gasteiger partial charge < -0.3 is 0 Å². The average Bonchev–Trinajstić information content (AvgIpc) is 1.79. The van der Waals surface area contributed by atoms with Crippen molar-refractivity contribution in [3.05, 3.63) is 0 Å². The van der Waals surface area contributed by atoms with Gasteiger partial charge in [0.05, 0.1) is 12.8 Å². The van der Waals surface area contributed by atoms with Crippen molar-refractivity contribution in [2.75, 3.05) is 12.8 Å². The molecule has 5 heteroatoms. The Morgan fingerprint density at radius 1 is 1.64 bits per heavy atom. The summed E-state index contributed by atoms with van der Waals surface area (Å²) in [5.74, 6) is 1.52. The Kier molecular flexibility index (Phi) is 3.08. The minimum atomic E-state index is -3.49. The molecule has 0 unspecified atom stereocenters. The minimum Gasteiger partial charge on any atom is -0.274 e. The molecule has 4 nitrogen and oxygen atoms in total. The van der Waals surface area contributed by atoms with Crippen molar-refractivity contribution in [2.24, 2.45) is 0 Å². The fourth-order valence-electron chi connectivity index (χ4n) is 0.545. The second-order valence-corrected chi connectivity index (χ2v) is 3.90. The van der Waals surface area contributed by atoms with Crippen LogP contribution >= 0.6 is 0 Å². The van der Waals surface area contributed by atoms with Gasteiger partial charge >= 0.3 is 0 Å². The molecule has 0 heterocycles. The predicted molar refractivity (Wildman–Crippen MR) is 41.1 cm³/mol. The summed E-state index contributed by atoms with van der Waals surface area (Å²) < 4.78 is 22.2. The molecule has 0 atom stereocenters. The second-order valence-electron chi connectivity index (χ2n) is 1.99. The monoisotopic (exact) mass is 175 g/mol. The van der Waals surface area contributed by atoms with Gasteiger partial charge in [0.1, 0.15) is 0 Å². The van der Waals surface area contributed by atoms with E-state index in [1.165, 1.54) is 0 Å². The molecule has 0 bridgehead atoms. The van der Waals surface area contributed by atoms with Crippen LogP contribution in [0.4, 0.5) is 0 Å². The summed E-state index contributed by atoms with van der Waals surface area (Å²) >= 11 is 0. The molecule has 0 N–H and O–H groups in total. The number of hydrogen-bond acceptors (Lipinski definition) is 3. The van der Waals surface area contributed by atoms with Crippen molar-refractivity contribution < 1.29 is 13.2 Å². The number of nitrogens with zero attached hydrogens (tertiary/aromatic N) is 1.